The largest absolute Gasteiger partial charge is 0.480 e. The molecule has 2 atom stereocenters. The molecule has 0 amide bonds. The first-order valence-electron chi connectivity index (χ1n) is 5.65. The van der Waals surface area contributed by atoms with Crippen LogP contribution in [0.2, 0.25) is 0 Å². The highest BCUT2D eigenvalue weighted by Crippen LogP contribution is 1.96. The van der Waals surface area contributed by atoms with Crippen molar-refractivity contribution in [3.05, 3.63) is 0 Å². The first kappa shape index (κ1) is 15.3. The number of carboxylic acids is 1. The van der Waals surface area contributed by atoms with E-state index in [2.05, 4.69) is 5.32 Å². The summed E-state index contributed by atoms with van der Waals surface area (Å²) >= 11 is 0. The van der Waals surface area contributed by atoms with Crippen LogP contribution in [0.5, 0.6) is 0 Å². The maximum absolute atomic E-state index is 10.9. The third kappa shape index (κ3) is 7.62. The summed E-state index contributed by atoms with van der Waals surface area (Å²) < 4.78 is 10.6. The lowest BCUT2D eigenvalue weighted by molar-refractivity contribution is -0.142. The quantitative estimate of drug-likeness (QED) is 0.619. The van der Waals surface area contributed by atoms with Crippen LogP contribution < -0.4 is 5.32 Å². The highest BCUT2D eigenvalue weighted by molar-refractivity contribution is 5.73. The van der Waals surface area contributed by atoms with Gasteiger partial charge in [0, 0.05) is 12.6 Å². The molecule has 2 unspecified atom stereocenters. The van der Waals surface area contributed by atoms with Crippen LogP contribution in [0.15, 0.2) is 0 Å². The van der Waals surface area contributed by atoms with Crippen molar-refractivity contribution in [3.8, 4) is 0 Å². The summed E-state index contributed by atoms with van der Waals surface area (Å²) in [4.78, 5) is 10.9. The Morgan fingerprint density at radius 1 is 1.31 bits per heavy atom. The number of carboxylic acid groups (broad SMARTS) is 1. The van der Waals surface area contributed by atoms with E-state index in [1.807, 2.05) is 27.7 Å². The molecule has 0 aromatic rings. The molecule has 0 radical (unpaired) electrons. The molecule has 2 N–H and O–H groups in total. The van der Waals surface area contributed by atoms with Gasteiger partial charge in [0.1, 0.15) is 6.04 Å². The summed E-state index contributed by atoms with van der Waals surface area (Å²) in [5.41, 5.74) is 0. The molecular formula is C11H23NO4. The second-order valence-corrected chi connectivity index (χ2v) is 4.02. The van der Waals surface area contributed by atoms with Crippen molar-refractivity contribution < 1.29 is 19.4 Å². The Morgan fingerprint density at radius 2 is 1.94 bits per heavy atom. The van der Waals surface area contributed by atoms with Gasteiger partial charge in [-0.1, -0.05) is 13.8 Å². The zero-order valence-electron chi connectivity index (χ0n) is 10.5. The van der Waals surface area contributed by atoms with Gasteiger partial charge in [-0.2, -0.15) is 0 Å². The molecule has 0 aromatic heterocycles. The summed E-state index contributed by atoms with van der Waals surface area (Å²) in [7, 11) is 0. The minimum atomic E-state index is -0.891. The molecule has 0 fully saturated rings. The molecule has 0 rings (SSSR count). The Labute approximate surface area is 97.1 Å². The number of ether oxygens (including phenoxy) is 2. The predicted molar refractivity (Wildman–Crippen MR) is 61.6 cm³/mol. The molecule has 0 aromatic carbocycles. The van der Waals surface area contributed by atoms with Crippen LogP contribution in [0.3, 0.4) is 0 Å². The summed E-state index contributed by atoms with van der Waals surface area (Å²) in [6.45, 7) is 8.86. The molecule has 96 valence electrons. The van der Waals surface area contributed by atoms with E-state index < -0.39 is 12.0 Å². The second-order valence-electron chi connectivity index (χ2n) is 4.02. The minimum Gasteiger partial charge on any atom is -0.480 e. The maximum Gasteiger partial charge on any atom is 0.323 e. The Bertz CT molecular complexity index is 196. The van der Waals surface area contributed by atoms with E-state index >= 15 is 0 Å². The summed E-state index contributed by atoms with van der Waals surface area (Å²) in [5.74, 6) is -0.891. The molecule has 5 nitrogen and oxygen atoms in total. The number of rotatable bonds is 9. The average molecular weight is 233 g/mol. The van der Waals surface area contributed by atoms with E-state index in [1.54, 1.807) is 0 Å². The van der Waals surface area contributed by atoms with Crippen LogP contribution in [-0.2, 0) is 14.3 Å². The number of hydrogen-bond acceptors (Lipinski definition) is 4. The number of hydrogen-bond donors (Lipinski definition) is 2. The lowest BCUT2D eigenvalue weighted by Gasteiger charge is -2.20. The van der Waals surface area contributed by atoms with Gasteiger partial charge >= 0.3 is 5.97 Å². The fraction of sp³-hybridized carbons (Fsp3) is 0.909. The molecule has 0 aliphatic rings. The Hall–Kier alpha value is -0.650. The fourth-order valence-electron chi connectivity index (χ4n) is 1.19. The Kier molecular flexibility index (Phi) is 8.15. The van der Waals surface area contributed by atoms with Gasteiger partial charge in [0.2, 0.25) is 0 Å². The van der Waals surface area contributed by atoms with Crippen LogP contribution in [0, 0.1) is 0 Å². The third-order valence-corrected chi connectivity index (χ3v) is 1.94. The van der Waals surface area contributed by atoms with Gasteiger partial charge in [-0.3, -0.25) is 4.79 Å². The lowest BCUT2D eigenvalue weighted by atomic mass is 10.2. The zero-order valence-corrected chi connectivity index (χ0v) is 10.5. The van der Waals surface area contributed by atoms with Gasteiger partial charge in [-0.15, -0.1) is 0 Å². The standard InChI is InChI=1S/C11H23NO4/c1-5-15-6-9(4)16-7-10(11(13)14)12-8(2)3/h8-10,12H,5-7H2,1-4H3,(H,13,14). The van der Waals surface area contributed by atoms with Gasteiger partial charge in [0.15, 0.2) is 0 Å². The van der Waals surface area contributed by atoms with Crippen LogP contribution in [0.25, 0.3) is 0 Å². The molecule has 0 aliphatic carbocycles. The number of nitrogens with one attached hydrogen (secondary N) is 1. The monoisotopic (exact) mass is 233 g/mol. The van der Waals surface area contributed by atoms with Gasteiger partial charge < -0.3 is 19.9 Å². The minimum absolute atomic E-state index is 0.0873. The highest BCUT2D eigenvalue weighted by atomic mass is 16.5. The van der Waals surface area contributed by atoms with E-state index in [0.29, 0.717) is 13.2 Å². The van der Waals surface area contributed by atoms with Crippen molar-refractivity contribution >= 4 is 5.97 Å². The molecule has 16 heavy (non-hydrogen) atoms. The third-order valence-electron chi connectivity index (χ3n) is 1.94. The smallest absolute Gasteiger partial charge is 0.323 e. The van der Waals surface area contributed by atoms with Crippen molar-refractivity contribution in [1.82, 2.24) is 5.32 Å². The zero-order chi connectivity index (χ0) is 12.6. The molecule has 0 heterocycles. The summed E-state index contributed by atoms with van der Waals surface area (Å²) in [6.07, 6.45) is -0.0873. The maximum atomic E-state index is 10.9. The van der Waals surface area contributed by atoms with Gasteiger partial charge in [0.25, 0.3) is 0 Å². The van der Waals surface area contributed by atoms with Crippen LogP contribution in [0.1, 0.15) is 27.7 Å². The SMILES string of the molecule is CCOCC(C)OCC(NC(C)C)C(=O)O. The van der Waals surface area contributed by atoms with E-state index in [0.717, 1.165) is 0 Å². The van der Waals surface area contributed by atoms with E-state index in [9.17, 15) is 4.79 Å². The van der Waals surface area contributed by atoms with Crippen molar-refractivity contribution in [2.75, 3.05) is 19.8 Å². The normalized spacial score (nSPS) is 15.1. The molecular weight excluding hydrogens is 210 g/mol. The van der Waals surface area contributed by atoms with E-state index in [1.165, 1.54) is 0 Å². The van der Waals surface area contributed by atoms with Crippen LogP contribution in [-0.4, -0.2) is 49.1 Å². The van der Waals surface area contributed by atoms with Crippen molar-refractivity contribution in [2.24, 2.45) is 0 Å². The van der Waals surface area contributed by atoms with Crippen LogP contribution >= 0.6 is 0 Å². The summed E-state index contributed by atoms with van der Waals surface area (Å²) in [5, 5.41) is 11.9. The summed E-state index contributed by atoms with van der Waals surface area (Å²) in [6, 6.07) is -0.545. The first-order valence-corrected chi connectivity index (χ1v) is 5.65. The molecule has 5 heteroatoms. The molecule has 0 bridgehead atoms. The van der Waals surface area contributed by atoms with Gasteiger partial charge in [-0.25, -0.2) is 0 Å². The Balaban J connectivity index is 3.87. The molecule has 0 spiro atoms. The van der Waals surface area contributed by atoms with Crippen molar-refractivity contribution in [2.45, 2.75) is 45.9 Å². The molecule has 0 saturated heterocycles. The predicted octanol–water partition coefficient (Wildman–Crippen LogP) is 0.879. The topological polar surface area (TPSA) is 67.8 Å². The van der Waals surface area contributed by atoms with E-state index in [-0.39, 0.29) is 18.8 Å². The second kappa shape index (κ2) is 8.50. The number of carbonyl (C=O) groups is 1. The highest BCUT2D eigenvalue weighted by Gasteiger charge is 2.19. The van der Waals surface area contributed by atoms with Crippen molar-refractivity contribution in [1.29, 1.82) is 0 Å². The number of aliphatic carboxylic acids is 1. The van der Waals surface area contributed by atoms with Gasteiger partial charge in [0.05, 0.1) is 19.3 Å². The first-order chi connectivity index (χ1) is 7.47. The average Bonchev–Trinajstić information content (AvgIpc) is 2.20. The van der Waals surface area contributed by atoms with Crippen molar-refractivity contribution in [3.63, 3.8) is 0 Å². The molecule has 0 saturated carbocycles. The Morgan fingerprint density at radius 3 is 2.38 bits per heavy atom. The fourth-order valence-corrected chi connectivity index (χ4v) is 1.19. The van der Waals surface area contributed by atoms with Crippen LogP contribution in [0.4, 0.5) is 0 Å². The lowest BCUT2D eigenvalue weighted by Crippen LogP contribution is -2.44. The molecule has 0 aliphatic heterocycles. The van der Waals surface area contributed by atoms with Gasteiger partial charge in [-0.05, 0) is 13.8 Å². The van der Waals surface area contributed by atoms with E-state index in [4.69, 9.17) is 14.6 Å².